The van der Waals surface area contributed by atoms with Gasteiger partial charge in [0.1, 0.15) is 5.75 Å². The van der Waals surface area contributed by atoms with Crippen LogP contribution in [0, 0.1) is 0 Å². The van der Waals surface area contributed by atoms with Crippen LogP contribution in [0.1, 0.15) is 25.5 Å². The van der Waals surface area contributed by atoms with Gasteiger partial charge in [-0.15, -0.1) is 0 Å². The minimum atomic E-state index is 0.469. The summed E-state index contributed by atoms with van der Waals surface area (Å²) in [5.74, 6) is 1.36. The van der Waals surface area contributed by atoms with Crippen LogP contribution in [0.25, 0.3) is 10.9 Å². The number of aromatic nitrogens is 1. The maximum absolute atomic E-state index is 5.32. The molecule has 2 rings (SSSR count). The summed E-state index contributed by atoms with van der Waals surface area (Å²) in [6.07, 6.45) is 0. The third kappa shape index (κ3) is 1.65. The molecule has 1 N–H and O–H groups in total. The molecule has 0 aliphatic heterocycles. The number of hydrogen-bond donors (Lipinski definition) is 1. The summed E-state index contributed by atoms with van der Waals surface area (Å²) in [4.78, 5) is 3.41. The number of rotatable bonds is 2. The number of nitrogens with one attached hydrogen (secondary N) is 1. The largest absolute Gasteiger partial charge is 0.495 e. The molecule has 0 saturated heterocycles. The van der Waals surface area contributed by atoms with E-state index in [1.54, 1.807) is 7.11 Å². The van der Waals surface area contributed by atoms with Gasteiger partial charge in [-0.2, -0.15) is 0 Å². The smallest absolute Gasteiger partial charge is 0.142 e. The van der Waals surface area contributed by atoms with Crippen molar-refractivity contribution in [2.24, 2.45) is 0 Å². The number of halogens is 1. The first-order chi connectivity index (χ1) is 7.15. The highest BCUT2D eigenvalue weighted by molar-refractivity contribution is 9.10. The topological polar surface area (TPSA) is 25.0 Å². The van der Waals surface area contributed by atoms with E-state index < -0.39 is 0 Å². The minimum absolute atomic E-state index is 0.469. The van der Waals surface area contributed by atoms with Crippen LogP contribution < -0.4 is 4.74 Å². The number of methoxy groups -OCH3 is 1. The Morgan fingerprint density at radius 3 is 2.67 bits per heavy atom. The van der Waals surface area contributed by atoms with Crippen LogP contribution in [-0.4, -0.2) is 12.1 Å². The number of aromatic amines is 1. The quantitative estimate of drug-likeness (QED) is 0.872. The molecule has 15 heavy (non-hydrogen) atoms. The van der Waals surface area contributed by atoms with Crippen molar-refractivity contribution in [2.75, 3.05) is 7.11 Å². The maximum atomic E-state index is 5.32. The molecule has 0 unspecified atom stereocenters. The fraction of sp³-hybridized carbons (Fsp3) is 0.333. The van der Waals surface area contributed by atoms with Crippen LogP contribution >= 0.6 is 15.9 Å². The van der Waals surface area contributed by atoms with Gasteiger partial charge >= 0.3 is 0 Å². The summed E-state index contributed by atoms with van der Waals surface area (Å²) >= 11 is 3.63. The van der Waals surface area contributed by atoms with Crippen LogP contribution in [0.15, 0.2) is 22.7 Å². The van der Waals surface area contributed by atoms with Crippen molar-refractivity contribution < 1.29 is 4.74 Å². The Hall–Kier alpha value is -0.960. The summed E-state index contributed by atoms with van der Waals surface area (Å²) in [5, 5.41) is 1.18. The molecule has 0 aliphatic rings. The summed E-state index contributed by atoms with van der Waals surface area (Å²) in [6, 6.07) is 6.06. The van der Waals surface area contributed by atoms with Crippen molar-refractivity contribution in [2.45, 2.75) is 19.8 Å². The molecule has 0 atom stereocenters. The van der Waals surface area contributed by atoms with Gasteiger partial charge < -0.3 is 9.72 Å². The number of para-hydroxylation sites is 1. The second-order valence-corrected chi connectivity index (χ2v) is 4.68. The number of fused-ring (bicyclic) bond motifs is 1. The zero-order valence-electron chi connectivity index (χ0n) is 9.10. The van der Waals surface area contributed by atoms with E-state index >= 15 is 0 Å². The van der Waals surface area contributed by atoms with Crippen LogP contribution in [-0.2, 0) is 0 Å². The molecule has 80 valence electrons. The number of benzene rings is 1. The predicted octanol–water partition coefficient (Wildman–Crippen LogP) is 4.06. The van der Waals surface area contributed by atoms with Crippen molar-refractivity contribution in [3.8, 4) is 5.75 Å². The van der Waals surface area contributed by atoms with Crippen molar-refractivity contribution >= 4 is 26.8 Å². The molecule has 1 aromatic heterocycles. The molecule has 0 aliphatic carbocycles. The SMILES string of the molecule is COc1cccc2c(Br)c(C(C)C)[nH]c12. The molecule has 2 aromatic rings. The lowest BCUT2D eigenvalue weighted by atomic mass is 10.1. The molecular formula is C12H14BrNO. The first-order valence-electron chi connectivity index (χ1n) is 4.99. The highest BCUT2D eigenvalue weighted by Crippen LogP contribution is 2.36. The fourth-order valence-corrected chi connectivity index (χ4v) is 2.63. The van der Waals surface area contributed by atoms with E-state index in [4.69, 9.17) is 4.74 Å². The Morgan fingerprint density at radius 1 is 1.33 bits per heavy atom. The highest BCUT2D eigenvalue weighted by atomic mass is 79.9. The lowest BCUT2D eigenvalue weighted by Crippen LogP contribution is -1.87. The predicted molar refractivity (Wildman–Crippen MR) is 66.6 cm³/mol. The van der Waals surface area contributed by atoms with Gasteiger partial charge in [0.05, 0.1) is 12.6 Å². The Balaban J connectivity index is 2.75. The Kier molecular flexibility index (Phi) is 2.74. The van der Waals surface area contributed by atoms with E-state index in [0.29, 0.717) is 5.92 Å². The summed E-state index contributed by atoms with van der Waals surface area (Å²) < 4.78 is 6.47. The van der Waals surface area contributed by atoms with Gasteiger partial charge in [-0.05, 0) is 27.9 Å². The molecule has 0 radical (unpaired) electrons. The van der Waals surface area contributed by atoms with Crippen LogP contribution in [0.2, 0.25) is 0 Å². The molecule has 0 bridgehead atoms. The highest BCUT2D eigenvalue weighted by Gasteiger charge is 2.13. The second kappa shape index (κ2) is 3.89. The standard InChI is InChI=1S/C12H14BrNO/c1-7(2)11-10(13)8-5-4-6-9(15-3)12(8)14-11/h4-7,14H,1-3H3. The molecule has 0 saturated carbocycles. The third-order valence-corrected chi connectivity index (χ3v) is 3.41. The molecular weight excluding hydrogens is 254 g/mol. The average Bonchev–Trinajstić information content (AvgIpc) is 2.56. The fourth-order valence-electron chi connectivity index (χ4n) is 1.75. The van der Waals surface area contributed by atoms with E-state index in [-0.39, 0.29) is 0 Å². The van der Waals surface area contributed by atoms with E-state index in [1.165, 1.54) is 11.1 Å². The van der Waals surface area contributed by atoms with Crippen molar-refractivity contribution in [3.05, 3.63) is 28.4 Å². The first-order valence-corrected chi connectivity index (χ1v) is 5.78. The van der Waals surface area contributed by atoms with Gasteiger partial charge in [-0.1, -0.05) is 26.0 Å². The summed E-state index contributed by atoms with van der Waals surface area (Å²) in [7, 11) is 1.69. The van der Waals surface area contributed by atoms with Crippen LogP contribution in [0.4, 0.5) is 0 Å². The number of hydrogen-bond acceptors (Lipinski definition) is 1. The first kappa shape index (κ1) is 10.6. The summed E-state index contributed by atoms with van der Waals surface area (Å²) in [5.41, 5.74) is 2.28. The van der Waals surface area contributed by atoms with Gasteiger partial charge in [-0.3, -0.25) is 0 Å². The van der Waals surface area contributed by atoms with Crippen molar-refractivity contribution in [1.29, 1.82) is 0 Å². The zero-order chi connectivity index (χ0) is 11.0. The van der Waals surface area contributed by atoms with Crippen LogP contribution in [0.3, 0.4) is 0 Å². The Morgan fingerprint density at radius 2 is 2.07 bits per heavy atom. The maximum Gasteiger partial charge on any atom is 0.142 e. The van der Waals surface area contributed by atoms with Crippen molar-refractivity contribution in [3.63, 3.8) is 0 Å². The lowest BCUT2D eigenvalue weighted by Gasteiger charge is -2.01. The average molecular weight is 268 g/mol. The van der Waals surface area contributed by atoms with E-state index in [1.807, 2.05) is 12.1 Å². The van der Waals surface area contributed by atoms with Gasteiger partial charge in [0, 0.05) is 15.6 Å². The van der Waals surface area contributed by atoms with E-state index in [0.717, 1.165) is 15.7 Å². The number of ether oxygens (including phenoxy) is 1. The van der Waals surface area contributed by atoms with Crippen molar-refractivity contribution in [1.82, 2.24) is 4.98 Å². The van der Waals surface area contributed by atoms with E-state index in [2.05, 4.69) is 40.8 Å². The van der Waals surface area contributed by atoms with Gasteiger partial charge in [0.15, 0.2) is 0 Å². The zero-order valence-corrected chi connectivity index (χ0v) is 10.7. The van der Waals surface area contributed by atoms with E-state index in [9.17, 15) is 0 Å². The molecule has 0 amide bonds. The summed E-state index contributed by atoms with van der Waals surface area (Å²) in [6.45, 7) is 4.34. The van der Waals surface area contributed by atoms with Gasteiger partial charge in [0.2, 0.25) is 0 Å². The normalized spacial score (nSPS) is 11.3. The lowest BCUT2D eigenvalue weighted by molar-refractivity contribution is 0.419. The Labute approximate surface area is 97.8 Å². The molecule has 2 nitrogen and oxygen atoms in total. The monoisotopic (exact) mass is 267 g/mol. The molecule has 3 heteroatoms. The third-order valence-electron chi connectivity index (χ3n) is 2.56. The number of H-pyrrole nitrogens is 1. The molecule has 1 aromatic carbocycles. The molecule has 1 heterocycles. The van der Waals surface area contributed by atoms with Gasteiger partial charge in [0.25, 0.3) is 0 Å². The minimum Gasteiger partial charge on any atom is -0.495 e. The second-order valence-electron chi connectivity index (χ2n) is 3.89. The van der Waals surface area contributed by atoms with Crippen LogP contribution in [0.5, 0.6) is 5.75 Å². The molecule has 0 spiro atoms. The molecule has 0 fully saturated rings. The van der Waals surface area contributed by atoms with Gasteiger partial charge in [-0.25, -0.2) is 0 Å². The Bertz CT molecular complexity index is 488.